The van der Waals surface area contributed by atoms with Crippen LogP contribution < -0.4 is 21.3 Å². The molecule has 1 heterocycles. The first-order valence-electron chi connectivity index (χ1n) is 9.75. The van der Waals surface area contributed by atoms with Crippen molar-refractivity contribution in [2.45, 2.75) is 38.8 Å². The molecule has 0 bridgehead atoms. The van der Waals surface area contributed by atoms with Gasteiger partial charge in [-0.1, -0.05) is 36.4 Å². The van der Waals surface area contributed by atoms with Gasteiger partial charge in [0.2, 0.25) is 5.91 Å². The molecular weight excluding hydrogens is 352 g/mol. The Balaban J connectivity index is 1.57. The third-order valence-electron chi connectivity index (χ3n) is 5.17. The van der Waals surface area contributed by atoms with Crippen LogP contribution >= 0.6 is 0 Å². The smallest absolute Gasteiger partial charge is 0.312 e. The van der Waals surface area contributed by atoms with Gasteiger partial charge in [0.25, 0.3) is 0 Å². The van der Waals surface area contributed by atoms with E-state index in [4.69, 9.17) is 5.73 Å². The maximum absolute atomic E-state index is 12.5. The van der Waals surface area contributed by atoms with Gasteiger partial charge in [-0.3, -0.25) is 4.79 Å². The normalized spacial score (nSPS) is 14.5. The molecule has 28 heavy (non-hydrogen) atoms. The molecule has 6 heteroatoms. The number of hydrogen-bond donors (Lipinski definition) is 3. The first-order chi connectivity index (χ1) is 13.5. The summed E-state index contributed by atoms with van der Waals surface area (Å²) in [7, 11) is 0. The summed E-state index contributed by atoms with van der Waals surface area (Å²) >= 11 is 0. The highest BCUT2D eigenvalue weighted by atomic mass is 16.2. The summed E-state index contributed by atoms with van der Waals surface area (Å²) in [4.78, 5) is 26.2. The number of primary amides is 1. The van der Waals surface area contributed by atoms with Gasteiger partial charge in [-0.05, 0) is 48.6 Å². The van der Waals surface area contributed by atoms with Crippen molar-refractivity contribution in [2.24, 2.45) is 5.73 Å². The minimum Gasteiger partial charge on any atom is -0.372 e. The van der Waals surface area contributed by atoms with E-state index in [1.165, 1.54) is 18.5 Å². The number of nitrogens with two attached hydrogens (primary N) is 1. The molecule has 1 atom stereocenters. The molecule has 0 aliphatic carbocycles. The van der Waals surface area contributed by atoms with Crippen molar-refractivity contribution in [1.29, 1.82) is 0 Å². The Hall–Kier alpha value is -3.02. The maximum Gasteiger partial charge on any atom is 0.312 e. The second-order valence-electron chi connectivity index (χ2n) is 7.26. The molecule has 6 nitrogen and oxygen atoms in total. The second-order valence-corrected chi connectivity index (χ2v) is 7.26. The third-order valence-corrected chi connectivity index (χ3v) is 5.17. The zero-order chi connectivity index (χ0) is 19.9. The molecule has 0 aromatic heterocycles. The van der Waals surface area contributed by atoms with Gasteiger partial charge >= 0.3 is 6.03 Å². The number of nitrogens with one attached hydrogen (secondary N) is 2. The monoisotopic (exact) mass is 380 g/mol. The van der Waals surface area contributed by atoms with Gasteiger partial charge in [0, 0.05) is 25.3 Å². The molecule has 2 aromatic carbocycles. The minimum atomic E-state index is -0.640. The predicted molar refractivity (Wildman–Crippen MR) is 111 cm³/mol. The summed E-state index contributed by atoms with van der Waals surface area (Å²) < 4.78 is 0. The van der Waals surface area contributed by atoms with Crippen molar-refractivity contribution in [2.75, 3.05) is 18.0 Å². The van der Waals surface area contributed by atoms with Crippen LogP contribution in [0.2, 0.25) is 0 Å². The van der Waals surface area contributed by atoms with Crippen LogP contribution in [-0.4, -0.2) is 25.0 Å². The number of carbonyl (C=O) groups is 2. The van der Waals surface area contributed by atoms with Gasteiger partial charge in [0.05, 0.1) is 12.5 Å². The standard InChI is InChI=1S/C22H28N4O2/c1-16-6-2-3-7-19(16)20(25-22(23)28)14-21(27)24-15-17-8-10-18(11-9-17)26-12-4-5-13-26/h2-3,6-11,20H,4-5,12-15H2,1H3,(H,24,27)(H3,23,25,28). The molecule has 1 fully saturated rings. The van der Waals surface area contributed by atoms with Crippen molar-refractivity contribution in [3.05, 3.63) is 65.2 Å². The van der Waals surface area contributed by atoms with Gasteiger partial charge in [-0.15, -0.1) is 0 Å². The Morgan fingerprint density at radius 2 is 1.75 bits per heavy atom. The molecule has 0 radical (unpaired) electrons. The van der Waals surface area contributed by atoms with E-state index in [0.29, 0.717) is 6.54 Å². The molecule has 148 valence electrons. The van der Waals surface area contributed by atoms with Crippen LogP contribution in [-0.2, 0) is 11.3 Å². The lowest BCUT2D eigenvalue weighted by atomic mass is 9.98. The van der Waals surface area contributed by atoms with Crippen LogP contribution in [0.3, 0.4) is 0 Å². The van der Waals surface area contributed by atoms with Crippen LogP contribution in [0, 0.1) is 6.92 Å². The van der Waals surface area contributed by atoms with Gasteiger partial charge in [-0.25, -0.2) is 4.79 Å². The fourth-order valence-electron chi connectivity index (χ4n) is 3.65. The summed E-state index contributed by atoms with van der Waals surface area (Å²) in [5.41, 5.74) is 9.48. The molecule has 4 N–H and O–H groups in total. The Morgan fingerprint density at radius 1 is 1.07 bits per heavy atom. The van der Waals surface area contributed by atoms with Crippen LogP contribution in [0.15, 0.2) is 48.5 Å². The van der Waals surface area contributed by atoms with E-state index in [2.05, 4.69) is 39.8 Å². The predicted octanol–water partition coefficient (Wildman–Crippen LogP) is 3.01. The van der Waals surface area contributed by atoms with Crippen LogP contribution in [0.25, 0.3) is 0 Å². The number of hydrogen-bond acceptors (Lipinski definition) is 3. The molecule has 1 unspecified atom stereocenters. The van der Waals surface area contributed by atoms with E-state index in [9.17, 15) is 9.59 Å². The number of nitrogens with zero attached hydrogens (tertiary/aromatic N) is 1. The highest BCUT2D eigenvalue weighted by molar-refractivity contribution is 5.79. The lowest BCUT2D eigenvalue weighted by Crippen LogP contribution is -2.36. The van der Waals surface area contributed by atoms with Crippen molar-refractivity contribution >= 4 is 17.6 Å². The molecule has 0 spiro atoms. The molecule has 0 saturated carbocycles. The summed E-state index contributed by atoms with van der Waals surface area (Å²) in [6.07, 6.45) is 2.64. The second kappa shape index (κ2) is 9.26. The largest absolute Gasteiger partial charge is 0.372 e. The summed E-state index contributed by atoms with van der Waals surface area (Å²) in [6, 6.07) is 14.9. The number of anilines is 1. The first kappa shape index (κ1) is 19.7. The zero-order valence-electron chi connectivity index (χ0n) is 16.3. The van der Waals surface area contributed by atoms with Crippen molar-refractivity contribution in [1.82, 2.24) is 10.6 Å². The number of urea groups is 1. The topological polar surface area (TPSA) is 87.5 Å². The minimum absolute atomic E-state index is 0.134. The Bertz CT molecular complexity index is 814. The van der Waals surface area contributed by atoms with Gasteiger partial charge in [-0.2, -0.15) is 0 Å². The van der Waals surface area contributed by atoms with E-state index in [0.717, 1.165) is 29.8 Å². The maximum atomic E-state index is 12.5. The Morgan fingerprint density at radius 3 is 2.39 bits per heavy atom. The van der Waals surface area contributed by atoms with E-state index >= 15 is 0 Å². The fourth-order valence-corrected chi connectivity index (χ4v) is 3.65. The number of amides is 3. The molecule has 1 saturated heterocycles. The zero-order valence-corrected chi connectivity index (χ0v) is 16.3. The number of carbonyl (C=O) groups excluding carboxylic acids is 2. The molecule has 3 amide bonds. The average molecular weight is 380 g/mol. The first-order valence-corrected chi connectivity index (χ1v) is 9.75. The molecular formula is C22H28N4O2. The highest BCUT2D eigenvalue weighted by Gasteiger charge is 2.19. The quantitative estimate of drug-likeness (QED) is 0.690. The van der Waals surface area contributed by atoms with E-state index < -0.39 is 12.1 Å². The lowest BCUT2D eigenvalue weighted by molar-refractivity contribution is -0.121. The fraction of sp³-hybridized carbons (Fsp3) is 0.364. The van der Waals surface area contributed by atoms with Gasteiger partial charge < -0.3 is 21.3 Å². The third kappa shape index (κ3) is 5.25. The molecule has 1 aliphatic rings. The van der Waals surface area contributed by atoms with Crippen LogP contribution in [0.5, 0.6) is 0 Å². The van der Waals surface area contributed by atoms with Crippen LogP contribution in [0.4, 0.5) is 10.5 Å². The van der Waals surface area contributed by atoms with E-state index in [1.807, 2.05) is 31.2 Å². The number of benzene rings is 2. The highest BCUT2D eigenvalue weighted by Crippen LogP contribution is 2.22. The number of aryl methyl sites for hydroxylation is 1. The van der Waals surface area contributed by atoms with Crippen molar-refractivity contribution in [3.63, 3.8) is 0 Å². The summed E-state index contributed by atoms with van der Waals surface area (Å²) in [5, 5.41) is 5.61. The van der Waals surface area contributed by atoms with E-state index in [-0.39, 0.29) is 12.3 Å². The SMILES string of the molecule is Cc1ccccc1C(CC(=O)NCc1ccc(N2CCCC2)cc1)NC(N)=O. The molecule has 1 aliphatic heterocycles. The van der Waals surface area contributed by atoms with Gasteiger partial charge in [0.1, 0.15) is 0 Å². The Kier molecular flexibility index (Phi) is 6.53. The Labute approximate surface area is 166 Å². The van der Waals surface area contributed by atoms with Crippen LogP contribution in [0.1, 0.15) is 42.0 Å². The van der Waals surface area contributed by atoms with Crippen molar-refractivity contribution in [3.8, 4) is 0 Å². The van der Waals surface area contributed by atoms with Crippen molar-refractivity contribution < 1.29 is 9.59 Å². The summed E-state index contributed by atoms with van der Waals surface area (Å²) in [5.74, 6) is -0.134. The molecule has 2 aromatic rings. The lowest BCUT2D eigenvalue weighted by Gasteiger charge is -2.20. The van der Waals surface area contributed by atoms with E-state index in [1.54, 1.807) is 0 Å². The number of rotatable bonds is 7. The summed E-state index contributed by atoms with van der Waals surface area (Å²) in [6.45, 7) is 4.63. The average Bonchev–Trinajstić information content (AvgIpc) is 3.21. The molecule has 3 rings (SSSR count). The van der Waals surface area contributed by atoms with Gasteiger partial charge in [0.15, 0.2) is 0 Å².